The molecular formula is C19H19FN6OS. The van der Waals surface area contributed by atoms with Crippen molar-refractivity contribution < 1.29 is 9.18 Å². The summed E-state index contributed by atoms with van der Waals surface area (Å²) in [5.41, 5.74) is 3.61. The Balaban J connectivity index is 1.87. The lowest BCUT2D eigenvalue weighted by Gasteiger charge is -2.14. The molecule has 0 aliphatic rings. The Morgan fingerprint density at radius 3 is 2.79 bits per heavy atom. The molecule has 3 heterocycles. The minimum Gasteiger partial charge on any atom is -0.371 e. The van der Waals surface area contributed by atoms with Crippen LogP contribution in [0, 0.1) is 5.82 Å². The van der Waals surface area contributed by atoms with Gasteiger partial charge in [0.1, 0.15) is 32.2 Å². The molecule has 7 nitrogen and oxygen atoms in total. The number of nitrogens with zero attached hydrogens (tertiary/aromatic N) is 4. The molecule has 2 N–H and O–H groups in total. The number of aromatic nitrogens is 4. The summed E-state index contributed by atoms with van der Waals surface area (Å²) in [6, 6.07) is 4.38. The number of hydrogen-bond acceptors (Lipinski definition) is 6. The van der Waals surface area contributed by atoms with Gasteiger partial charge in [0.2, 0.25) is 5.91 Å². The molecule has 3 aromatic heterocycles. The van der Waals surface area contributed by atoms with Crippen LogP contribution in [0.25, 0.3) is 32.0 Å². The summed E-state index contributed by atoms with van der Waals surface area (Å²) in [5, 5.41) is 6.53. The maximum absolute atomic E-state index is 14.3. The maximum atomic E-state index is 14.3. The molecule has 0 saturated carbocycles. The number of amides is 1. The number of aryl methyl sites for hydroxylation is 1. The number of anilines is 1. The van der Waals surface area contributed by atoms with E-state index in [0.29, 0.717) is 11.4 Å². The number of rotatable bonds is 4. The van der Waals surface area contributed by atoms with Crippen LogP contribution in [0.5, 0.6) is 0 Å². The second-order valence-corrected chi connectivity index (χ2v) is 7.57. The van der Waals surface area contributed by atoms with Gasteiger partial charge in [0.05, 0.1) is 12.4 Å². The largest absolute Gasteiger partial charge is 0.371 e. The number of pyridine rings is 1. The van der Waals surface area contributed by atoms with Gasteiger partial charge in [0.25, 0.3) is 0 Å². The zero-order chi connectivity index (χ0) is 20.0. The van der Waals surface area contributed by atoms with Crippen LogP contribution in [0.3, 0.4) is 0 Å². The molecular weight excluding hydrogens is 379 g/mol. The number of nitrogens with one attached hydrogen (secondary N) is 2. The molecule has 4 aromatic rings. The van der Waals surface area contributed by atoms with Crippen LogP contribution in [-0.2, 0) is 11.8 Å². The highest BCUT2D eigenvalue weighted by Gasteiger charge is 2.19. The molecule has 0 bridgehead atoms. The molecule has 0 radical (unpaired) electrons. The van der Waals surface area contributed by atoms with Crippen molar-refractivity contribution >= 4 is 44.4 Å². The first kappa shape index (κ1) is 18.3. The second kappa shape index (κ2) is 6.83. The number of thiazole rings is 1. The molecule has 9 heteroatoms. The normalized spacial score (nSPS) is 12.5. The van der Waals surface area contributed by atoms with Crippen molar-refractivity contribution in [2.75, 3.05) is 12.4 Å². The number of hydrogen-bond donors (Lipinski definition) is 2. The molecule has 28 heavy (non-hydrogen) atoms. The Bertz CT molecular complexity index is 1210. The minimum absolute atomic E-state index is 0.209. The van der Waals surface area contributed by atoms with Crippen LogP contribution >= 0.6 is 11.3 Å². The topological polar surface area (TPSA) is 84.7 Å². The summed E-state index contributed by atoms with van der Waals surface area (Å²) in [6.07, 6.45) is 1.73. The van der Waals surface area contributed by atoms with Gasteiger partial charge < -0.3 is 15.2 Å². The van der Waals surface area contributed by atoms with Crippen molar-refractivity contribution in [3.8, 4) is 10.6 Å². The zero-order valence-electron chi connectivity index (χ0n) is 15.9. The van der Waals surface area contributed by atoms with E-state index in [0.717, 1.165) is 32.0 Å². The van der Waals surface area contributed by atoms with E-state index in [1.54, 1.807) is 32.4 Å². The molecule has 144 valence electrons. The van der Waals surface area contributed by atoms with Gasteiger partial charge >= 0.3 is 0 Å². The summed E-state index contributed by atoms with van der Waals surface area (Å²) >= 11 is 1.43. The van der Waals surface area contributed by atoms with Crippen molar-refractivity contribution in [1.82, 2.24) is 24.8 Å². The van der Waals surface area contributed by atoms with E-state index in [2.05, 4.69) is 20.6 Å². The van der Waals surface area contributed by atoms with Crippen molar-refractivity contribution in [1.29, 1.82) is 0 Å². The van der Waals surface area contributed by atoms with E-state index in [4.69, 9.17) is 4.98 Å². The Morgan fingerprint density at radius 1 is 1.29 bits per heavy atom. The van der Waals surface area contributed by atoms with Gasteiger partial charge in [-0.05, 0) is 25.1 Å². The smallest absolute Gasteiger partial charge is 0.217 e. The average Bonchev–Trinajstić information content (AvgIpc) is 3.24. The van der Waals surface area contributed by atoms with E-state index in [-0.39, 0.29) is 11.7 Å². The SMILES string of the molecule is CNc1nc2sc(-c3ccc(F)c(C(C)NC(C)=O)c3)nc2c2c1ncn2C. The molecule has 0 fully saturated rings. The second-order valence-electron chi connectivity index (χ2n) is 6.59. The number of carbonyl (C=O) groups is 1. The highest BCUT2D eigenvalue weighted by Crippen LogP contribution is 2.36. The third-order valence-electron chi connectivity index (χ3n) is 4.57. The van der Waals surface area contributed by atoms with Crippen LogP contribution in [-0.4, -0.2) is 32.5 Å². The number of carbonyl (C=O) groups excluding carboxylic acids is 1. The lowest BCUT2D eigenvalue weighted by molar-refractivity contribution is -0.119. The summed E-state index contributed by atoms with van der Waals surface area (Å²) in [5.74, 6) is 0.118. The molecule has 4 rings (SSSR count). The predicted molar refractivity (Wildman–Crippen MR) is 109 cm³/mol. The van der Waals surface area contributed by atoms with Crippen molar-refractivity contribution in [3.05, 3.63) is 35.9 Å². The summed E-state index contributed by atoms with van der Waals surface area (Å²) in [6.45, 7) is 3.16. The summed E-state index contributed by atoms with van der Waals surface area (Å²) in [4.78, 5) is 25.9. The van der Waals surface area contributed by atoms with Gasteiger partial charge in [-0.2, -0.15) is 0 Å². The average molecular weight is 398 g/mol. The maximum Gasteiger partial charge on any atom is 0.217 e. The van der Waals surface area contributed by atoms with Crippen LogP contribution in [0.15, 0.2) is 24.5 Å². The molecule has 1 atom stereocenters. The van der Waals surface area contributed by atoms with Crippen molar-refractivity contribution in [3.63, 3.8) is 0 Å². The Hall–Kier alpha value is -3.07. The number of imidazole rings is 1. The Kier molecular flexibility index (Phi) is 4.46. The van der Waals surface area contributed by atoms with E-state index in [9.17, 15) is 9.18 Å². The van der Waals surface area contributed by atoms with E-state index < -0.39 is 6.04 Å². The molecule has 0 aliphatic heterocycles. The number of fused-ring (bicyclic) bond motifs is 3. The minimum atomic E-state index is -0.440. The van der Waals surface area contributed by atoms with Crippen LogP contribution in [0.2, 0.25) is 0 Å². The fraction of sp³-hybridized carbons (Fsp3) is 0.263. The zero-order valence-corrected chi connectivity index (χ0v) is 16.7. The lowest BCUT2D eigenvalue weighted by atomic mass is 10.0. The van der Waals surface area contributed by atoms with E-state index >= 15 is 0 Å². The molecule has 1 aromatic carbocycles. The van der Waals surface area contributed by atoms with Gasteiger partial charge in [0.15, 0.2) is 5.82 Å². The quantitative estimate of drug-likeness (QED) is 0.548. The summed E-state index contributed by atoms with van der Waals surface area (Å²) < 4.78 is 16.2. The van der Waals surface area contributed by atoms with Crippen LogP contribution in [0.4, 0.5) is 10.2 Å². The molecule has 1 amide bonds. The van der Waals surface area contributed by atoms with Crippen molar-refractivity contribution in [2.45, 2.75) is 19.9 Å². The molecule has 0 spiro atoms. The third-order valence-corrected chi connectivity index (χ3v) is 5.57. The van der Waals surface area contributed by atoms with E-state index in [1.165, 1.54) is 24.3 Å². The van der Waals surface area contributed by atoms with Gasteiger partial charge in [-0.1, -0.05) is 11.3 Å². The van der Waals surface area contributed by atoms with Gasteiger partial charge in [-0.15, -0.1) is 0 Å². The van der Waals surface area contributed by atoms with Crippen LogP contribution in [0.1, 0.15) is 25.5 Å². The Labute approximate surface area is 164 Å². The van der Waals surface area contributed by atoms with Crippen LogP contribution < -0.4 is 10.6 Å². The lowest BCUT2D eigenvalue weighted by Crippen LogP contribution is -2.24. The number of benzene rings is 1. The highest BCUT2D eigenvalue weighted by atomic mass is 32.1. The van der Waals surface area contributed by atoms with E-state index in [1.807, 2.05) is 11.6 Å². The first-order valence-electron chi connectivity index (χ1n) is 8.75. The van der Waals surface area contributed by atoms with Gasteiger partial charge in [-0.25, -0.2) is 19.3 Å². The number of halogens is 1. The first-order valence-corrected chi connectivity index (χ1v) is 9.57. The first-order chi connectivity index (χ1) is 13.4. The predicted octanol–water partition coefficient (Wildman–Crippen LogP) is 3.62. The molecule has 1 unspecified atom stereocenters. The van der Waals surface area contributed by atoms with Crippen molar-refractivity contribution in [2.24, 2.45) is 7.05 Å². The van der Waals surface area contributed by atoms with Gasteiger partial charge in [0, 0.05) is 32.1 Å². The molecule has 0 saturated heterocycles. The highest BCUT2D eigenvalue weighted by molar-refractivity contribution is 7.21. The molecule has 0 aliphatic carbocycles. The summed E-state index contributed by atoms with van der Waals surface area (Å²) in [7, 11) is 3.72. The standard InChI is InChI=1S/C19H19FN6OS/c1-9(23-10(2)27)12-7-11(5-6-13(12)20)18-24-15-16-14(22-8-26(16)4)17(21-3)25-19(15)28-18/h5-9H,1-4H3,(H,21,25)(H,23,27). The Morgan fingerprint density at radius 2 is 2.07 bits per heavy atom. The fourth-order valence-corrected chi connectivity index (χ4v) is 4.21. The third kappa shape index (κ3) is 2.97. The monoisotopic (exact) mass is 398 g/mol. The van der Waals surface area contributed by atoms with Gasteiger partial charge in [-0.3, -0.25) is 4.79 Å². The fourth-order valence-electron chi connectivity index (χ4n) is 3.27.